The molecule has 1 aliphatic heterocycles. The van der Waals surface area contributed by atoms with Gasteiger partial charge in [-0.1, -0.05) is 0 Å². The minimum Gasteiger partial charge on any atom is -0.783 e. The van der Waals surface area contributed by atoms with Gasteiger partial charge in [-0.3, -0.25) is 0 Å². The minimum atomic E-state index is -1.15. The molecule has 0 spiro atoms. The van der Waals surface area contributed by atoms with E-state index in [0.29, 0.717) is 10.1 Å². The molecule has 0 aromatic carbocycles. The quantitative estimate of drug-likeness (QED) is 0.558. The molecule has 73 valence electrons. The number of hydrogen-bond acceptors (Lipinski definition) is 4. The highest BCUT2D eigenvalue weighted by Gasteiger charge is 2.54. The van der Waals surface area contributed by atoms with Crippen LogP contribution in [0.15, 0.2) is 0 Å². The standard InChI is InChI=1S/C8H13N3O2/c1-7(2)6(5-9)10(12)8(3,4)11(7)13/h6H,1-4H3/q-1. The van der Waals surface area contributed by atoms with Gasteiger partial charge in [-0.2, -0.15) is 5.26 Å². The van der Waals surface area contributed by atoms with E-state index in [4.69, 9.17) is 5.26 Å². The van der Waals surface area contributed by atoms with Crippen LogP contribution >= 0.6 is 0 Å². The summed E-state index contributed by atoms with van der Waals surface area (Å²) in [4.78, 5) is 0. The molecule has 1 rings (SSSR count). The summed E-state index contributed by atoms with van der Waals surface area (Å²) in [6, 6.07) is 0.959. The molecule has 0 aliphatic carbocycles. The lowest BCUT2D eigenvalue weighted by molar-refractivity contribution is -0.256. The van der Waals surface area contributed by atoms with Gasteiger partial charge in [0.1, 0.15) is 6.04 Å². The summed E-state index contributed by atoms with van der Waals surface area (Å²) in [6.45, 7) is 6.25. The van der Waals surface area contributed by atoms with Crippen LogP contribution in [0.4, 0.5) is 0 Å². The second-order valence-electron chi connectivity index (χ2n) is 4.30. The lowest BCUT2D eigenvalue weighted by Crippen LogP contribution is -2.48. The van der Waals surface area contributed by atoms with Gasteiger partial charge in [-0.05, 0) is 27.7 Å². The number of hydroxylamine groups is 4. The summed E-state index contributed by atoms with van der Waals surface area (Å²) >= 11 is 0. The first-order valence-corrected chi connectivity index (χ1v) is 4.10. The Kier molecular flexibility index (Phi) is 2.13. The van der Waals surface area contributed by atoms with Crippen molar-refractivity contribution in [3.05, 3.63) is 5.21 Å². The van der Waals surface area contributed by atoms with Crippen LogP contribution in [0.5, 0.6) is 0 Å². The SMILES string of the molecule is CC1(C)C(C#N)N([O-])C(C)(C)N1[O]. The van der Waals surface area contributed by atoms with Gasteiger partial charge in [0.2, 0.25) is 0 Å². The van der Waals surface area contributed by atoms with E-state index in [2.05, 4.69) is 0 Å². The maximum atomic E-state index is 11.7. The molecular weight excluding hydrogens is 170 g/mol. The molecule has 0 saturated carbocycles. The molecule has 1 atom stereocenters. The van der Waals surface area contributed by atoms with Crippen LogP contribution in [0.2, 0.25) is 0 Å². The van der Waals surface area contributed by atoms with Gasteiger partial charge in [-0.25, -0.2) is 0 Å². The second kappa shape index (κ2) is 2.66. The molecule has 0 N–H and O–H groups in total. The van der Waals surface area contributed by atoms with Crippen LogP contribution in [-0.2, 0) is 5.21 Å². The van der Waals surface area contributed by atoms with Crippen molar-refractivity contribution in [1.29, 1.82) is 5.26 Å². The largest absolute Gasteiger partial charge is 0.783 e. The fourth-order valence-corrected chi connectivity index (χ4v) is 1.72. The molecule has 5 nitrogen and oxygen atoms in total. The predicted molar refractivity (Wildman–Crippen MR) is 45.3 cm³/mol. The monoisotopic (exact) mass is 183 g/mol. The average molecular weight is 183 g/mol. The summed E-state index contributed by atoms with van der Waals surface area (Å²) in [7, 11) is 0. The zero-order chi connectivity index (χ0) is 10.4. The summed E-state index contributed by atoms with van der Waals surface area (Å²) < 4.78 is 0. The van der Waals surface area contributed by atoms with Crippen molar-refractivity contribution in [2.75, 3.05) is 0 Å². The van der Waals surface area contributed by atoms with Crippen LogP contribution in [0.3, 0.4) is 0 Å². The Labute approximate surface area is 77.7 Å². The molecule has 0 aromatic rings. The first-order chi connectivity index (χ1) is 5.76. The third kappa shape index (κ3) is 1.15. The van der Waals surface area contributed by atoms with E-state index < -0.39 is 17.2 Å². The van der Waals surface area contributed by atoms with Gasteiger partial charge < -0.3 is 10.3 Å². The van der Waals surface area contributed by atoms with Crippen LogP contribution in [0, 0.1) is 16.5 Å². The summed E-state index contributed by atoms with van der Waals surface area (Å²) in [5.74, 6) is 0. The van der Waals surface area contributed by atoms with Crippen LogP contribution in [0.25, 0.3) is 0 Å². The van der Waals surface area contributed by atoms with Gasteiger partial charge in [0.25, 0.3) is 0 Å². The van der Waals surface area contributed by atoms with E-state index in [1.807, 2.05) is 6.07 Å². The molecule has 0 amide bonds. The summed E-state index contributed by atoms with van der Waals surface area (Å²) in [5.41, 5.74) is -2.09. The van der Waals surface area contributed by atoms with E-state index in [1.54, 1.807) is 13.8 Å². The molecule has 1 heterocycles. The Morgan fingerprint density at radius 1 is 1.38 bits per heavy atom. The Bertz CT molecular complexity index is 257. The Morgan fingerprint density at radius 2 is 1.85 bits per heavy atom. The molecule has 1 unspecified atom stereocenters. The Hall–Kier alpha value is -0.670. The van der Waals surface area contributed by atoms with Crippen molar-refractivity contribution in [3.63, 3.8) is 0 Å². The molecule has 1 fully saturated rings. The van der Waals surface area contributed by atoms with E-state index in [0.717, 1.165) is 0 Å². The van der Waals surface area contributed by atoms with Crippen molar-refractivity contribution in [2.24, 2.45) is 0 Å². The normalized spacial score (nSPS) is 33.2. The van der Waals surface area contributed by atoms with Crippen molar-refractivity contribution in [1.82, 2.24) is 10.1 Å². The van der Waals surface area contributed by atoms with Gasteiger partial charge in [-0.15, -0.1) is 10.3 Å². The predicted octanol–water partition coefficient (Wildman–Crippen LogP) is 0.854. The Balaban J connectivity index is 3.13. The molecule has 1 radical (unpaired) electrons. The van der Waals surface area contributed by atoms with Crippen LogP contribution in [-0.4, -0.2) is 27.4 Å². The fourth-order valence-electron chi connectivity index (χ4n) is 1.72. The third-order valence-electron chi connectivity index (χ3n) is 2.59. The fraction of sp³-hybridized carbons (Fsp3) is 0.875. The third-order valence-corrected chi connectivity index (χ3v) is 2.59. The molecule has 1 saturated heterocycles. The number of nitriles is 1. The number of nitrogens with zero attached hydrogens (tertiary/aromatic N) is 3. The van der Waals surface area contributed by atoms with E-state index >= 15 is 0 Å². The zero-order valence-electron chi connectivity index (χ0n) is 8.24. The first kappa shape index (κ1) is 10.4. The summed E-state index contributed by atoms with van der Waals surface area (Å²) in [5, 5.41) is 33.2. The van der Waals surface area contributed by atoms with E-state index in [9.17, 15) is 10.4 Å². The van der Waals surface area contributed by atoms with E-state index in [-0.39, 0.29) is 0 Å². The van der Waals surface area contributed by atoms with Crippen molar-refractivity contribution < 1.29 is 5.21 Å². The van der Waals surface area contributed by atoms with Gasteiger partial charge in [0.15, 0.2) is 0 Å². The lowest BCUT2D eigenvalue weighted by atomic mass is 9.98. The van der Waals surface area contributed by atoms with Gasteiger partial charge in [0.05, 0.1) is 17.3 Å². The second-order valence-corrected chi connectivity index (χ2v) is 4.30. The van der Waals surface area contributed by atoms with Crippen molar-refractivity contribution >= 4 is 0 Å². The zero-order valence-corrected chi connectivity index (χ0v) is 8.24. The van der Waals surface area contributed by atoms with Crippen LogP contribution < -0.4 is 0 Å². The number of rotatable bonds is 0. The smallest absolute Gasteiger partial charge is 0.108 e. The molecule has 0 aromatic heterocycles. The average Bonchev–Trinajstić information content (AvgIpc) is 2.12. The first-order valence-electron chi connectivity index (χ1n) is 4.10. The topological polar surface area (TPSA) is 73.2 Å². The maximum Gasteiger partial charge on any atom is 0.108 e. The molecular formula is C8H13N3O2-. The molecule has 13 heavy (non-hydrogen) atoms. The van der Waals surface area contributed by atoms with Crippen molar-refractivity contribution in [3.8, 4) is 6.07 Å². The van der Waals surface area contributed by atoms with Gasteiger partial charge >= 0.3 is 0 Å². The van der Waals surface area contributed by atoms with E-state index in [1.165, 1.54) is 13.8 Å². The lowest BCUT2D eigenvalue weighted by Gasteiger charge is -2.39. The molecule has 1 aliphatic rings. The highest BCUT2D eigenvalue weighted by molar-refractivity contribution is 5.15. The molecule has 0 bridgehead atoms. The minimum absolute atomic E-state index is 0.569. The Morgan fingerprint density at radius 3 is 2.00 bits per heavy atom. The number of hydrogen-bond donors (Lipinski definition) is 0. The molecule has 5 heteroatoms. The highest BCUT2D eigenvalue weighted by atomic mass is 16.6. The highest BCUT2D eigenvalue weighted by Crippen LogP contribution is 2.39. The van der Waals surface area contributed by atoms with Crippen LogP contribution in [0.1, 0.15) is 27.7 Å². The maximum absolute atomic E-state index is 11.7. The van der Waals surface area contributed by atoms with Crippen molar-refractivity contribution in [2.45, 2.75) is 44.9 Å². The summed E-state index contributed by atoms with van der Waals surface area (Å²) in [6.07, 6.45) is 0. The van der Waals surface area contributed by atoms with Gasteiger partial charge in [0, 0.05) is 0 Å².